The predicted octanol–water partition coefficient (Wildman–Crippen LogP) is 2.11. The molecule has 12 heavy (non-hydrogen) atoms. The Labute approximate surface area is 73.6 Å². The van der Waals surface area contributed by atoms with E-state index in [4.69, 9.17) is 11.5 Å². The lowest BCUT2D eigenvalue weighted by atomic mass is 10.0. The summed E-state index contributed by atoms with van der Waals surface area (Å²) in [5.41, 5.74) is 15.4. The van der Waals surface area contributed by atoms with Gasteiger partial charge in [-0.1, -0.05) is 25.5 Å². The Morgan fingerprint density at radius 3 is 2.42 bits per heavy atom. The van der Waals surface area contributed by atoms with E-state index in [1.807, 2.05) is 13.0 Å². The number of hydrogen-bond donors (Lipinski definition) is 2. The van der Waals surface area contributed by atoms with E-state index in [0.29, 0.717) is 0 Å². The summed E-state index contributed by atoms with van der Waals surface area (Å²) in [5, 5.41) is 0. The van der Waals surface area contributed by atoms with Crippen LogP contribution in [0.1, 0.15) is 24.5 Å². The molecule has 0 saturated carbocycles. The number of anilines is 2. The van der Waals surface area contributed by atoms with Crippen LogP contribution in [-0.2, 0) is 6.42 Å². The van der Waals surface area contributed by atoms with Crippen LogP contribution >= 0.6 is 0 Å². The fraction of sp³-hybridized carbons (Fsp3) is 0.400. The molecule has 1 aromatic carbocycles. The molecular weight excluding hydrogens is 148 g/mol. The van der Waals surface area contributed by atoms with Gasteiger partial charge in [0.15, 0.2) is 0 Å². The largest absolute Gasteiger partial charge is 0.397 e. The van der Waals surface area contributed by atoms with Gasteiger partial charge in [0.2, 0.25) is 0 Å². The molecule has 0 aliphatic rings. The van der Waals surface area contributed by atoms with Crippen LogP contribution in [0, 0.1) is 6.92 Å². The van der Waals surface area contributed by atoms with Crippen molar-refractivity contribution in [1.82, 2.24) is 0 Å². The maximum atomic E-state index is 5.84. The van der Waals surface area contributed by atoms with Crippen LogP contribution in [0.4, 0.5) is 11.4 Å². The molecule has 1 rings (SSSR count). The average Bonchev–Trinajstić information content (AvgIpc) is 2.07. The van der Waals surface area contributed by atoms with Crippen molar-refractivity contribution < 1.29 is 0 Å². The number of nitrogens with two attached hydrogens (primary N) is 2. The van der Waals surface area contributed by atoms with Crippen molar-refractivity contribution in [3.8, 4) is 0 Å². The molecule has 0 spiro atoms. The molecule has 2 nitrogen and oxygen atoms in total. The molecule has 0 bridgehead atoms. The number of nitrogen functional groups attached to an aromatic ring is 2. The number of rotatable bonds is 2. The molecule has 1 aromatic rings. The zero-order valence-electron chi connectivity index (χ0n) is 7.72. The van der Waals surface area contributed by atoms with Crippen LogP contribution in [0.2, 0.25) is 0 Å². The van der Waals surface area contributed by atoms with E-state index in [1.54, 1.807) is 0 Å². The Morgan fingerprint density at radius 2 is 1.83 bits per heavy atom. The van der Waals surface area contributed by atoms with Crippen LogP contribution in [0.25, 0.3) is 0 Å². The van der Waals surface area contributed by atoms with Gasteiger partial charge in [0, 0.05) is 0 Å². The molecule has 0 radical (unpaired) electrons. The van der Waals surface area contributed by atoms with Gasteiger partial charge in [-0.2, -0.15) is 0 Å². The van der Waals surface area contributed by atoms with Crippen molar-refractivity contribution in [3.63, 3.8) is 0 Å². The first-order valence-electron chi connectivity index (χ1n) is 4.30. The van der Waals surface area contributed by atoms with E-state index in [1.165, 1.54) is 5.56 Å². The highest BCUT2D eigenvalue weighted by Gasteiger charge is 2.03. The van der Waals surface area contributed by atoms with Crippen LogP contribution in [-0.4, -0.2) is 0 Å². The van der Waals surface area contributed by atoms with Crippen molar-refractivity contribution in [2.45, 2.75) is 26.7 Å². The Kier molecular flexibility index (Phi) is 2.58. The normalized spacial score (nSPS) is 10.2. The van der Waals surface area contributed by atoms with Crippen LogP contribution in [0.15, 0.2) is 12.1 Å². The quantitative estimate of drug-likeness (QED) is 0.658. The van der Waals surface area contributed by atoms with E-state index in [0.717, 1.165) is 29.8 Å². The van der Waals surface area contributed by atoms with E-state index in [9.17, 15) is 0 Å². The second-order valence-corrected chi connectivity index (χ2v) is 3.12. The molecule has 0 fully saturated rings. The van der Waals surface area contributed by atoms with Gasteiger partial charge in [-0.15, -0.1) is 0 Å². The van der Waals surface area contributed by atoms with Gasteiger partial charge >= 0.3 is 0 Å². The lowest BCUT2D eigenvalue weighted by Crippen LogP contribution is -2.01. The molecule has 0 atom stereocenters. The summed E-state index contributed by atoms with van der Waals surface area (Å²) in [6, 6.07) is 4.08. The number of benzene rings is 1. The summed E-state index contributed by atoms with van der Waals surface area (Å²) in [4.78, 5) is 0. The summed E-state index contributed by atoms with van der Waals surface area (Å²) in [6.45, 7) is 4.11. The van der Waals surface area contributed by atoms with E-state index < -0.39 is 0 Å². The predicted molar refractivity (Wildman–Crippen MR) is 54.0 cm³/mol. The Hall–Kier alpha value is -1.18. The molecule has 2 heteroatoms. The summed E-state index contributed by atoms with van der Waals surface area (Å²) in [5.74, 6) is 0. The standard InChI is InChI=1S/C10H16N2/c1-3-4-8-6-5-7(2)9(11)10(8)12/h5-6H,3-4,11-12H2,1-2H3. The van der Waals surface area contributed by atoms with Crippen LogP contribution < -0.4 is 11.5 Å². The maximum Gasteiger partial charge on any atom is 0.0583 e. The van der Waals surface area contributed by atoms with Crippen molar-refractivity contribution in [1.29, 1.82) is 0 Å². The monoisotopic (exact) mass is 164 g/mol. The third-order valence-corrected chi connectivity index (χ3v) is 2.11. The zero-order chi connectivity index (χ0) is 9.14. The minimum Gasteiger partial charge on any atom is -0.397 e. The number of hydrogen-bond acceptors (Lipinski definition) is 2. The molecule has 4 N–H and O–H groups in total. The number of aryl methyl sites for hydroxylation is 2. The fourth-order valence-corrected chi connectivity index (χ4v) is 1.28. The first kappa shape index (κ1) is 8.91. The highest BCUT2D eigenvalue weighted by Crippen LogP contribution is 2.24. The highest BCUT2D eigenvalue weighted by atomic mass is 14.7. The third-order valence-electron chi connectivity index (χ3n) is 2.11. The van der Waals surface area contributed by atoms with Crippen molar-refractivity contribution in [3.05, 3.63) is 23.3 Å². The van der Waals surface area contributed by atoms with Gasteiger partial charge in [-0.25, -0.2) is 0 Å². The van der Waals surface area contributed by atoms with Gasteiger partial charge in [0.1, 0.15) is 0 Å². The summed E-state index contributed by atoms with van der Waals surface area (Å²) in [6.07, 6.45) is 2.11. The molecule has 0 aliphatic carbocycles. The van der Waals surface area contributed by atoms with Gasteiger partial charge in [0.25, 0.3) is 0 Å². The molecule has 0 aromatic heterocycles. The second-order valence-electron chi connectivity index (χ2n) is 3.12. The average molecular weight is 164 g/mol. The van der Waals surface area contributed by atoms with Crippen LogP contribution in [0.5, 0.6) is 0 Å². The third kappa shape index (κ3) is 1.52. The minimum atomic E-state index is 0.737. The first-order valence-corrected chi connectivity index (χ1v) is 4.30. The Morgan fingerprint density at radius 1 is 1.17 bits per heavy atom. The molecule has 0 saturated heterocycles. The lowest BCUT2D eigenvalue weighted by molar-refractivity contribution is 0.924. The smallest absolute Gasteiger partial charge is 0.0583 e. The molecule has 0 heterocycles. The van der Waals surface area contributed by atoms with E-state index in [-0.39, 0.29) is 0 Å². The molecule has 0 amide bonds. The fourth-order valence-electron chi connectivity index (χ4n) is 1.28. The molecule has 66 valence electrons. The SMILES string of the molecule is CCCc1ccc(C)c(N)c1N. The maximum absolute atomic E-state index is 5.84. The van der Waals surface area contributed by atoms with Crippen LogP contribution in [0.3, 0.4) is 0 Å². The lowest BCUT2D eigenvalue weighted by Gasteiger charge is -2.09. The van der Waals surface area contributed by atoms with E-state index in [2.05, 4.69) is 13.0 Å². The van der Waals surface area contributed by atoms with Gasteiger partial charge in [-0.3, -0.25) is 0 Å². The summed E-state index contributed by atoms with van der Waals surface area (Å²) < 4.78 is 0. The zero-order valence-corrected chi connectivity index (χ0v) is 7.72. The van der Waals surface area contributed by atoms with E-state index >= 15 is 0 Å². The second kappa shape index (κ2) is 3.48. The minimum absolute atomic E-state index is 0.737. The van der Waals surface area contributed by atoms with Crippen molar-refractivity contribution in [2.75, 3.05) is 11.5 Å². The Bertz CT molecular complexity index is 279. The molecular formula is C10H16N2. The topological polar surface area (TPSA) is 52.0 Å². The summed E-state index contributed by atoms with van der Waals surface area (Å²) >= 11 is 0. The molecule has 0 aliphatic heterocycles. The van der Waals surface area contributed by atoms with Gasteiger partial charge in [-0.05, 0) is 24.5 Å². The van der Waals surface area contributed by atoms with Gasteiger partial charge in [0.05, 0.1) is 11.4 Å². The van der Waals surface area contributed by atoms with Crippen molar-refractivity contribution in [2.24, 2.45) is 0 Å². The Balaban J connectivity index is 3.08. The first-order chi connectivity index (χ1) is 5.66. The van der Waals surface area contributed by atoms with Crippen molar-refractivity contribution >= 4 is 11.4 Å². The molecule has 0 unspecified atom stereocenters. The highest BCUT2D eigenvalue weighted by molar-refractivity contribution is 5.70. The van der Waals surface area contributed by atoms with Gasteiger partial charge < -0.3 is 11.5 Å². The summed E-state index contributed by atoms with van der Waals surface area (Å²) in [7, 11) is 0.